The maximum atomic E-state index is 13.6. The lowest BCUT2D eigenvalue weighted by molar-refractivity contribution is 0.302. The summed E-state index contributed by atoms with van der Waals surface area (Å²) in [6.45, 7) is 0.458. The molecule has 2 aromatic carbocycles. The van der Waals surface area contributed by atoms with Crippen LogP contribution in [0.25, 0.3) is 0 Å². The number of hydrogen-bond donors (Lipinski definition) is 0. The summed E-state index contributed by atoms with van der Waals surface area (Å²) >= 11 is 7.71. The molecule has 1 atom stereocenters. The predicted octanol–water partition coefficient (Wildman–Crippen LogP) is 4.57. The first kappa shape index (κ1) is 12.8. The molecule has 0 fully saturated rings. The van der Waals surface area contributed by atoms with Gasteiger partial charge in [0.25, 0.3) is 0 Å². The molecule has 0 spiro atoms. The van der Waals surface area contributed by atoms with Gasteiger partial charge in [0, 0.05) is 10.1 Å². The van der Waals surface area contributed by atoms with Crippen LogP contribution in [0.3, 0.4) is 0 Å². The van der Waals surface area contributed by atoms with Crippen LogP contribution in [0.1, 0.15) is 5.56 Å². The molecule has 1 nitrogen and oxygen atoms in total. The van der Waals surface area contributed by atoms with E-state index in [2.05, 4.69) is 12.1 Å². The monoisotopic (exact) mass is 294 g/mol. The number of rotatable bonds is 3. The third kappa shape index (κ3) is 2.72. The fourth-order valence-electron chi connectivity index (χ4n) is 2.14. The van der Waals surface area contributed by atoms with Gasteiger partial charge >= 0.3 is 0 Å². The van der Waals surface area contributed by atoms with Gasteiger partial charge in [0.1, 0.15) is 6.61 Å². The van der Waals surface area contributed by atoms with Crippen molar-refractivity contribution in [2.75, 3.05) is 6.61 Å². The molecular weight excluding hydrogens is 283 g/mol. The van der Waals surface area contributed by atoms with E-state index in [1.807, 2.05) is 12.1 Å². The number of fused-ring (bicyclic) bond motifs is 1. The maximum absolute atomic E-state index is 13.6. The van der Waals surface area contributed by atoms with Crippen LogP contribution in [0.4, 0.5) is 4.39 Å². The Morgan fingerprint density at radius 1 is 1.21 bits per heavy atom. The molecule has 0 saturated carbocycles. The SMILES string of the molecule is Fc1cccc(Cl)c1OCC1Cc2ccccc2S1. The van der Waals surface area contributed by atoms with E-state index in [0.29, 0.717) is 16.9 Å². The summed E-state index contributed by atoms with van der Waals surface area (Å²) < 4.78 is 19.1. The number of benzene rings is 2. The van der Waals surface area contributed by atoms with Crippen molar-refractivity contribution in [2.45, 2.75) is 16.6 Å². The molecule has 19 heavy (non-hydrogen) atoms. The molecule has 2 aromatic rings. The summed E-state index contributed by atoms with van der Waals surface area (Å²) in [4.78, 5) is 1.29. The van der Waals surface area contributed by atoms with Crippen LogP contribution >= 0.6 is 23.4 Å². The first-order valence-corrected chi connectivity index (χ1v) is 7.31. The topological polar surface area (TPSA) is 9.23 Å². The Hall–Kier alpha value is -1.19. The molecule has 4 heteroatoms. The first-order chi connectivity index (χ1) is 9.24. The molecule has 98 valence electrons. The fraction of sp³-hybridized carbons (Fsp3) is 0.200. The lowest BCUT2D eigenvalue weighted by Crippen LogP contribution is -2.14. The van der Waals surface area contributed by atoms with Crippen LogP contribution in [0.5, 0.6) is 5.75 Å². The molecule has 0 N–H and O–H groups in total. The second-order valence-corrected chi connectivity index (χ2v) is 6.16. The third-order valence-corrected chi connectivity index (χ3v) is 4.63. The van der Waals surface area contributed by atoms with Gasteiger partial charge in [0.2, 0.25) is 0 Å². The molecule has 0 radical (unpaired) electrons. The Labute approximate surface area is 120 Å². The Morgan fingerprint density at radius 3 is 2.84 bits per heavy atom. The van der Waals surface area contributed by atoms with Crippen LogP contribution in [-0.4, -0.2) is 11.9 Å². The summed E-state index contributed by atoms with van der Waals surface area (Å²) in [6, 6.07) is 12.9. The van der Waals surface area contributed by atoms with Gasteiger partial charge in [0.15, 0.2) is 11.6 Å². The van der Waals surface area contributed by atoms with Crippen LogP contribution < -0.4 is 4.74 Å². The van der Waals surface area contributed by atoms with E-state index < -0.39 is 5.82 Å². The fourth-order valence-corrected chi connectivity index (χ4v) is 3.58. The summed E-state index contributed by atoms with van der Waals surface area (Å²) in [6.07, 6.45) is 0.951. The van der Waals surface area contributed by atoms with Gasteiger partial charge in [-0.3, -0.25) is 0 Å². The molecule has 0 aliphatic carbocycles. The molecule has 0 amide bonds. The Kier molecular flexibility index (Phi) is 3.67. The zero-order valence-corrected chi connectivity index (χ0v) is 11.7. The zero-order chi connectivity index (χ0) is 13.2. The largest absolute Gasteiger partial charge is 0.488 e. The van der Waals surface area contributed by atoms with Gasteiger partial charge in [-0.05, 0) is 30.2 Å². The van der Waals surface area contributed by atoms with Crippen molar-refractivity contribution in [1.29, 1.82) is 0 Å². The average molecular weight is 295 g/mol. The van der Waals surface area contributed by atoms with Gasteiger partial charge in [-0.2, -0.15) is 0 Å². The van der Waals surface area contributed by atoms with Crippen molar-refractivity contribution in [3.63, 3.8) is 0 Å². The van der Waals surface area contributed by atoms with E-state index >= 15 is 0 Å². The maximum Gasteiger partial charge on any atom is 0.173 e. The summed E-state index contributed by atoms with van der Waals surface area (Å²) in [5.41, 5.74) is 1.33. The predicted molar refractivity (Wildman–Crippen MR) is 76.7 cm³/mol. The molecule has 1 aliphatic heterocycles. The van der Waals surface area contributed by atoms with Crippen molar-refractivity contribution < 1.29 is 9.13 Å². The standard InChI is InChI=1S/C15H12ClFOS/c16-12-5-3-6-13(17)15(12)18-9-11-8-10-4-1-2-7-14(10)19-11/h1-7,11H,8-9H2. The number of thioether (sulfide) groups is 1. The van der Waals surface area contributed by atoms with Crippen LogP contribution in [0, 0.1) is 5.82 Å². The molecule has 0 aromatic heterocycles. The van der Waals surface area contributed by atoms with Gasteiger partial charge in [0.05, 0.1) is 5.02 Å². The smallest absolute Gasteiger partial charge is 0.173 e. The molecule has 1 heterocycles. The molecule has 3 rings (SSSR count). The Balaban J connectivity index is 1.66. The highest BCUT2D eigenvalue weighted by atomic mass is 35.5. The van der Waals surface area contributed by atoms with Gasteiger partial charge in [-0.25, -0.2) is 4.39 Å². The van der Waals surface area contributed by atoms with Gasteiger partial charge in [-0.15, -0.1) is 11.8 Å². The van der Waals surface area contributed by atoms with Gasteiger partial charge < -0.3 is 4.74 Å². The second kappa shape index (κ2) is 5.43. The minimum absolute atomic E-state index is 0.153. The van der Waals surface area contributed by atoms with Crippen LogP contribution in [0.15, 0.2) is 47.4 Å². The van der Waals surface area contributed by atoms with E-state index in [1.165, 1.54) is 16.5 Å². The first-order valence-electron chi connectivity index (χ1n) is 6.05. The molecule has 0 bridgehead atoms. The van der Waals surface area contributed by atoms with Crippen molar-refractivity contribution in [3.8, 4) is 5.75 Å². The van der Waals surface area contributed by atoms with E-state index in [-0.39, 0.29) is 5.75 Å². The van der Waals surface area contributed by atoms with Gasteiger partial charge in [-0.1, -0.05) is 35.9 Å². The van der Waals surface area contributed by atoms with Crippen molar-refractivity contribution >= 4 is 23.4 Å². The highest BCUT2D eigenvalue weighted by Crippen LogP contribution is 2.37. The number of hydrogen-bond acceptors (Lipinski definition) is 2. The number of para-hydroxylation sites is 1. The summed E-state index contributed by atoms with van der Waals surface area (Å²) in [5.74, 6) is -0.256. The summed E-state index contributed by atoms with van der Waals surface area (Å²) in [5, 5.41) is 0.633. The quantitative estimate of drug-likeness (QED) is 0.820. The minimum Gasteiger partial charge on any atom is -0.488 e. The molecule has 1 unspecified atom stereocenters. The Bertz CT molecular complexity index is 557. The molecular formula is C15H12ClFOS. The van der Waals surface area contributed by atoms with Crippen LogP contribution in [-0.2, 0) is 6.42 Å². The molecule has 0 saturated heterocycles. The highest BCUT2D eigenvalue weighted by Gasteiger charge is 2.23. The normalized spacial score (nSPS) is 17.3. The molecule has 1 aliphatic rings. The minimum atomic E-state index is -0.409. The van der Waals surface area contributed by atoms with Crippen molar-refractivity contribution in [1.82, 2.24) is 0 Å². The lowest BCUT2D eigenvalue weighted by Gasteiger charge is -2.12. The number of halogens is 2. The second-order valence-electron chi connectivity index (χ2n) is 4.41. The lowest BCUT2D eigenvalue weighted by atomic mass is 10.1. The summed E-state index contributed by atoms with van der Waals surface area (Å²) in [7, 11) is 0. The van der Waals surface area contributed by atoms with Crippen molar-refractivity contribution in [2.24, 2.45) is 0 Å². The van der Waals surface area contributed by atoms with E-state index in [4.69, 9.17) is 16.3 Å². The zero-order valence-electron chi connectivity index (χ0n) is 10.1. The number of ether oxygens (including phenoxy) is 1. The highest BCUT2D eigenvalue weighted by molar-refractivity contribution is 8.00. The van der Waals surface area contributed by atoms with E-state index in [9.17, 15) is 4.39 Å². The van der Waals surface area contributed by atoms with Crippen molar-refractivity contribution in [3.05, 3.63) is 58.9 Å². The van der Waals surface area contributed by atoms with Crippen LogP contribution in [0.2, 0.25) is 5.02 Å². The van der Waals surface area contributed by atoms with E-state index in [0.717, 1.165) is 6.42 Å². The average Bonchev–Trinajstić information content (AvgIpc) is 2.81. The van der Waals surface area contributed by atoms with E-state index in [1.54, 1.807) is 23.9 Å². The Morgan fingerprint density at radius 2 is 2.05 bits per heavy atom. The third-order valence-electron chi connectivity index (χ3n) is 3.05.